The molecule has 0 aromatic heterocycles. The summed E-state index contributed by atoms with van der Waals surface area (Å²) in [7, 11) is 0. The van der Waals surface area contributed by atoms with Crippen LogP contribution in [0, 0.1) is 0 Å². The van der Waals surface area contributed by atoms with Crippen LogP contribution in [0.1, 0.15) is 6.42 Å². The van der Waals surface area contributed by atoms with Gasteiger partial charge in [-0.15, -0.1) is 6.58 Å². The van der Waals surface area contributed by atoms with Crippen LogP contribution < -0.4 is 5.32 Å². The fourth-order valence-corrected chi connectivity index (χ4v) is 1.35. The summed E-state index contributed by atoms with van der Waals surface area (Å²) >= 11 is 0. The van der Waals surface area contributed by atoms with E-state index in [0.29, 0.717) is 12.0 Å². The second kappa shape index (κ2) is 4.82. The van der Waals surface area contributed by atoms with Crippen molar-refractivity contribution in [2.24, 2.45) is 0 Å². The third-order valence-electron chi connectivity index (χ3n) is 2.10. The van der Waals surface area contributed by atoms with E-state index in [0.717, 1.165) is 26.2 Å². The maximum absolute atomic E-state index is 11.6. The Hall–Kier alpha value is -1.09. The Bertz CT molecular complexity index is 217. The lowest BCUT2D eigenvalue weighted by Crippen LogP contribution is -2.46. The summed E-state index contributed by atoms with van der Waals surface area (Å²) in [5, 5.41) is 3.20. The number of hydrogen-bond donors (Lipinski definition) is 1. The van der Waals surface area contributed by atoms with Gasteiger partial charge in [0.1, 0.15) is 0 Å². The minimum Gasteiger partial charge on any atom is -0.336 e. The van der Waals surface area contributed by atoms with Gasteiger partial charge in [0.05, 0.1) is 0 Å². The lowest BCUT2D eigenvalue weighted by molar-refractivity contribution is -0.127. The highest BCUT2D eigenvalue weighted by Crippen LogP contribution is 2.05. The van der Waals surface area contributed by atoms with Crippen molar-refractivity contribution in [3.05, 3.63) is 24.8 Å². The third kappa shape index (κ3) is 2.70. The first-order valence-corrected chi connectivity index (χ1v) is 4.54. The molecule has 1 amide bonds. The van der Waals surface area contributed by atoms with Gasteiger partial charge in [0.25, 0.3) is 0 Å². The van der Waals surface area contributed by atoms with Crippen molar-refractivity contribution >= 4 is 5.91 Å². The average molecular weight is 180 g/mol. The first-order valence-electron chi connectivity index (χ1n) is 4.54. The Kier molecular flexibility index (Phi) is 3.71. The average Bonchev–Trinajstić information content (AvgIpc) is 2.18. The molecule has 0 unspecified atom stereocenters. The van der Waals surface area contributed by atoms with Crippen LogP contribution in [0.5, 0.6) is 0 Å². The van der Waals surface area contributed by atoms with Gasteiger partial charge >= 0.3 is 0 Å². The van der Waals surface area contributed by atoms with E-state index in [1.54, 1.807) is 6.08 Å². The summed E-state index contributed by atoms with van der Waals surface area (Å²) in [6.07, 6.45) is 2.30. The third-order valence-corrected chi connectivity index (χ3v) is 2.10. The van der Waals surface area contributed by atoms with Crippen LogP contribution in [-0.2, 0) is 4.79 Å². The van der Waals surface area contributed by atoms with Crippen LogP contribution in [-0.4, -0.2) is 37.0 Å². The smallest absolute Gasteiger partial charge is 0.249 e. The topological polar surface area (TPSA) is 32.3 Å². The minimum absolute atomic E-state index is 0.0707. The number of rotatable bonds is 3. The van der Waals surface area contributed by atoms with E-state index >= 15 is 0 Å². The van der Waals surface area contributed by atoms with Crippen molar-refractivity contribution in [2.75, 3.05) is 26.2 Å². The summed E-state index contributed by atoms with van der Waals surface area (Å²) in [4.78, 5) is 13.5. The Morgan fingerprint density at radius 1 is 1.46 bits per heavy atom. The summed E-state index contributed by atoms with van der Waals surface area (Å²) < 4.78 is 0. The summed E-state index contributed by atoms with van der Waals surface area (Å²) in [5.74, 6) is 0.0707. The molecule has 0 aromatic carbocycles. The molecule has 3 nitrogen and oxygen atoms in total. The Morgan fingerprint density at radius 3 is 2.62 bits per heavy atom. The first-order chi connectivity index (χ1) is 6.25. The standard InChI is InChI=1S/C10H16N2O/c1-3-4-9(2)10(13)12-7-5-11-6-8-12/h3,11H,1-2,4-8H2. The minimum atomic E-state index is 0.0707. The molecule has 0 bridgehead atoms. The zero-order valence-electron chi connectivity index (χ0n) is 7.88. The summed E-state index contributed by atoms with van der Waals surface area (Å²) in [5.41, 5.74) is 0.636. The second-order valence-electron chi connectivity index (χ2n) is 3.14. The van der Waals surface area contributed by atoms with Gasteiger partial charge < -0.3 is 10.2 Å². The number of hydrogen-bond acceptors (Lipinski definition) is 2. The van der Waals surface area contributed by atoms with Gasteiger partial charge in [-0.1, -0.05) is 12.7 Å². The monoisotopic (exact) mass is 180 g/mol. The number of nitrogens with zero attached hydrogens (tertiary/aromatic N) is 1. The molecule has 0 atom stereocenters. The molecular formula is C10H16N2O. The molecule has 1 N–H and O–H groups in total. The van der Waals surface area contributed by atoms with Crippen LogP contribution in [0.2, 0.25) is 0 Å². The van der Waals surface area contributed by atoms with E-state index in [2.05, 4.69) is 18.5 Å². The molecule has 13 heavy (non-hydrogen) atoms. The molecule has 0 aromatic rings. The molecule has 0 radical (unpaired) electrons. The predicted octanol–water partition coefficient (Wildman–Crippen LogP) is 0.550. The van der Waals surface area contributed by atoms with E-state index in [1.807, 2.05) is 4.90 Å². The molecule has 72 valence electrons. The van der Waals surface area contributed by atoms with Crippen molar-refractivity contribution in [1.29, 1.82) is 0 Å². The normalized spacial score (nSPS) is 16.8. The van der Waals surface area contributed by atoms with Crippen molar-refractivity contribution in [3.63, 3.8) is 0 Å². The molecule has 0 aliphatic carbocycles. The number of allylic oxidation sites excluding steroid dienone is 1. The lowest BCUT2D eigenvalue weighted by Gasteiger charge is -2.27. The van der Waals surface area contributed by atoms with Crippen molar-refractivity contribution in [3.8, 4) is 0 Å². The number of carbonyl (C=O) groups excluding carboxylic acids is 1. The van der Waals surface area contributed by atoms with E-state index in [9.17, 15) is 4.79 Å². The fourth-order valence-electron chi connectivity index (χ4n) is 1.35. The fraction of sp³-hybridized carbons (Fsp3) is 0.500. The molecule has 0 saturated carbocycles. The van der Waals surface area contributed by atoms with E-state index < -0.39 is 0 Å². The summed E-state index contributed by atoms with van der Waals surface area (Å²) in [6, 6.07) is 0. The molecule has 1 rings (SSSR count). The first kappa shape index (κ1) is 9.99. The van der Waals surface area contributed by atoms with Crippen LogP contribution >= 0.6 is 0 Å². The Morgan fingerprint density at radius 2 is 2.08 bits per heavy atom. The highest BCUT2D eigenvalue weighted by atomic mass is 16.2. The van der Waals surface area contributed by atoms with Gasteiger partial charge in [-0.25, -0.2) is 0 Å². The Labute approximate surface area is 79.1 Å². The number of piperazine rings is 1. The van der Waals surface area contributed by atoms with Crippen molar-refractivity contribution < 1.29 is 4.79 Å². The second-order valence-corrected chi connectivity index (χ2v) is 3.14. The Balaban J connectivity index is 2.45. The number of carbonyl (C=O) groups is 1. The van der Waals surface area contributed by atoms with Crippen LogP contribution in [0.25, 0.3) is 0 Å². The van der Waals surface area contributed by atoms with Crippen molar-refractivity contribution in [1.82, 2.24) is 10.2 Å². The maximum Gasteiger partial charge on any atom is 0.249 e. The molecule has 1 aliphatic heterocycles. The zero-order valence-corrected chi connectivity index (χ0v) is 7.88. The highest BCUT2D eigenvalue weighted by molar-refractivity contribution is 5.93. The SMILES string of the molecule is C=CCC(=C)C(=O)N1CCNCC1. The lowest BCUT2D eigenvalue weighted by atomic mass is 10.2. The number of nitrogens with one attached hydrogen (secondary N) is 1. The van der Waals surface area contributed by atoms with Gasteiger partial charge in [-0.05, 0) is 6.42 Å². The van der Waals surface area contributed by atoms with E-state index in [1.165, 1.54) is 0 Å². The van der Waals surface area contributed by atoms with Gasteiger partial charge in [-0.2, -0.15) is 0 Å². The molecule has 1 aliphatic rings. The summed E-state index contributed by atoms with van der Waals surface area (Å²) in [6.45, 7) is 10.7. The van der Waals surface area contributed by atoms with E-state index in [4.69, 9.17) is 0 Å². The largest absolute Gasteiger partial charge is 0.336 e. The van der Waals surface area contributed by atoms with Crippen LogP contribution in [0.3, 0.4) is 0 Å². The zero-order chi connectivity index (χ0) is 9.68. The maximum atomic E-state index is 11.6. The van der Waals surface area contributed by atoms with Crippen LogP contribution in [0.4, 0.5) is 0 Å². The molecule has 0 spiro atoms. The highest BCUT2D eigenvalue weighted by Gasteiger charge is 2.17. The molecular weight excluding hydrogens is 164 g/mol. The molecule has 3 heteroatoms. The quantitative estimate of drug-likeness (QED) is 0.508. The van der Waals surface area contributed by atoms with Gasteiger partial charge in [0.2, 0.25) is 5.91 Å². The van der Waals surface area contributed by atoms with Gasteiger partial charge in [0.15, 0.2) is 0 Å². The van der Waals surface area contributed by atoms with E-state index in [-0.39, 0.29) is 5.91 Å². The predicted molar refractivity (Wildman–Crippen MR) is 53.4 cm³/mol. The van der Waals surface area contributed by atoms with Gasteiger partial charge in [0, 0.05) is 31.8 Å². The van der Waals surface area contributed by atoms with Crippen molar-refractivity contribution in [2.45, 2.75) is 6.42 Å². The van der Waals surface area contributed by atoms with Crippen LogP contribution in [0.15, 0.2) is 24.8 Å². The van der Waals surface area contributed by atoms with Gasteiger partial charge in [-0.3, -0.25) is 4.79 Å². The molecule has 1 saturated heterocycles. The molecule has 1 fully saturated rings. The molecule has 1 heterocycles. The number of amides is 1.